The second-order valence-electron chi connectivity index (χ2n) is 4.68. The quantitative estimate of drug-likeness (QED) is 0.625. The molecule has 0 unspecified atom stereocenters. The highest BCUT2D eigenvalue weighted by atomic mass is 16.6. The molecule has 0 aromatic carbocycles. The first kappa shape index (κ1) is 13.3. The van der Waals surface area contributed by atoms with E-state index in [0.29, 0.717) is 11.7 Å². The average molecular weight is 265 g/mol. The lowest BCUT2D eigenvalue weighted by Gasteiger charge is -2.11. The summed E-state index contributed by atoms with van der Waals surface area (Å²) < 4.78 is 0. The molecule has 7 nitrogen and oxygen atoms in total. The Morgan fingerprint density at radius 3 is 2.79 bits per heavy atom. The van der Waals surface area contributed by atoms with Crippen LogP contribution in [0.4, 0.5) is 11.5 Å². The van der Waals surface area contributed by atoms with Crippen molar-refractivity contribution in [2.24, 2.45) is 5.92 Å². The Bertz CT molecular complexity index is 498. The summed E-state index contributed by atoms with van der Waals surface area (Å²) in [6.07, 6.45) is 5.75. The van der Waals surface area contributed by atoms with Crippen molar-refractivity contribution in [1.29, 1.82) is 0 Å². The van der Waals surface area contributed by atoms with Gasteiger partial charge in [-0.15, -0.1) is 0 Å². The van der Waals surface area contributed by atoms with E-state index in [2.05, 4.69) is 10.3 Å². The van der Waals surface area contributed by atoms with Crippen LogP contribution in [0.15, 0.2) is 12.3 Å². The summed E-state index contributed by atoms with van der Waals surface area (Å²) in [5, 5.41) is 22.7. The van der Waals surface area contributed by atoms with Gasteiger partial charge in [0.25, 0.3) is 0 Å². The van der Waals surface area contributed by atoms with Crippen molar-refractivity contribution in [3.8, 4) is 0 Å². The molecule has 0 radical (unpaired) electrons. The Hall–Kier alpha value is -2.18. The zero-order valence-corrected chi connectivity index (χ0v) is 10.3. The number of carboxylic acid groups (broad SMARTS) is 1. The zero-order chi connectivity index (χ0) is 13.8. The Morgan fingerprint density at radius 2 is 2.21 bits per heavy atom. The Balaban J connectivity index is 2.11. The third kappa shape index (κ3) is 3.18. The Labute approximate surface area is 109 Å². The molecule has 1 aliphatic rings. The molecule has 1 fully saturated rings. The summed E-state index contributed by atoms with van der Waals surface area (Å²) in [5.41, 5.74) is -0.826. The number of rotatable bonds is 5. The van der Waals surface area contributed by atoms with Gasteiger partial charge in [-0.2, -0.15) is 0 Å². The first-order chi connectivity index (χ1) is 9.08. The van der Waals surface area contributed by atoms with E-state index in [9.17, 15) is 14.9 Å². The van der Waals surface area contributed by atoms with E-state index in [4.69, 9.17) is 5.11 Å². The van der Waals surface area contributed by atoms with E-state index in [1.807, 2.05) is 0 Å². The third-order valence-corrected chi connectivity index (χ3v) is 3.36. The van der Waals surface area contributed by atoms with Gasteiger partial charge in [0.15, 0.2) is 0 Å². The molecule has 2 N–H and O–H groups in total. The summed E-state index contributed by atoms with van der Waals surface area (Å²) in [6, 6.07) is 1.22. The summed E-state index contributed by atoms with van der Waals surface area (Å²) >= 11 is 0. The van der Waals surface area contributed by atoms with Gasteiger partial charge in [0.05, 0.1) is 4.92 Å². The fourth-order valence-electron chi connectivity index (χ4n) is 2.33. The Kier molecular flexibility index (Phi) is 3.94. The summed E-state index contributed by atoms with van der Waals surface area (Å²) in [4.78, 5) is 24.8. The largest absolute Gasteiger partial charge is 0.477 e. The number of nitro groups is 1. The van der Waals surface area contributed by atoms with E-state index >= 15 is 0 Å². The van der Waals surface area contributed by atoms with Crippen LogP contribution in [-0.4, -0.2) is 27.5 Å². The number of pyridine rings is 1. The van der Waals surface area contributed by atoms with E-state index in [1.165, 1.54) is 18.9 Å². The SMILES string of the molecule is O=C(O)c1cc(NCC2CCCC2)ncc1[N+](=O)[O-]. The van der Waals surface area contributed by atoms with Gasteiger partial charge in [-0.05, 0) is 18.8 Å². The van der Waals surface area contributed by atoms with E-state index < -0.39 is 16.6 Å². The summed E-state index contributed by atoms with van der Waals surface area (Å²) in [7, 11) is 0. The number of hydrogen-bond acceptors (Lipinski definition) is 5. The summed E-state index contributed by atoms with van der Waals surface area (Å²) in [6.45, 7) is 0.726. The second-order valence-corrected chi connectivity index (χ2v) is 4.68. The molecule has 1 saturated carbocycles. The highest BCUT2D eigenvalue weighted by Crippen LogP contribution is 2.25. The number of aromatic nitrogens is 1. The van der Waals surface area contributed by atoms with E-state index in [0.717, 1.165) is 25.6 Å². The minimum absolute atomic E-state index is 0.339. The molecule has 19 heavy (non-hydrogen) atoms. The molecule has 2 rings (SSSR count). The fourth-order valence-corrected chi connectivity index (χ4v) is 2.33. The molecule has 1 heterocycles. The number of aromatic carboxylic acids is 1. The molecule has 1 aliphatic carbocycles. The van der Waals surface area contributed by atoms with Crippen LogP contribution in [0.1, 0.15) is 36.0 Å². The average Bonchev–Trinajstić information content (AvgIpc) is 2.88. The first-order valence-electron chi connectivity index (χ1n) is 6.19. The molecule has 0 bridgehead atoms. The maximum Gasteiger partial charge on any atom is 0.342 e. The minimum atomic E-state index is -1.32. The van der Waals surface area contributed by atoms with Crippen molar-refractivity contribution in [2.45, 2.75) is 25.7 Å². The van der Waals surface area contributed by atoms with Crippen molar-refractivity contribution >= 4 is 17.5 Å². The molecule has 0 saturated heterocycles. The van der Waals surface area contributed by atoms with Crippen LogP contribution in [0.25, 0.3) is 0 Å². The lowest BCUT2D eigenvalue weighted by atomic mass is 10.1. The van der Waals surface area contributed by atoms with Gasteiger partial charge in [0.2, 0.25) is 0 Å². The van der Waals surface area contributed by atoms with Crippen molar-refractivity contribution in [2.75, 3.05) is 11.9 Å². The van der Waals surface area contributed by atoms with Gasteiger partial charge in [0.1, 0.15) is 17.6 Å². The van der Waals surface area contributed by atoms with Crippen molar-refractivity contribution < 1.29 is 14.8 Å². The molecule has 0 amide bonds. The van der Waals surface area contributed by atoms with Crippen molar-refractivity contribution in [3.05, 3.63) is 27.9 Å². The predicted molar refractivity (Wildman–Crippen MR) is 68.3 cm³/mol. The van der Waals surface area contributed by atoms with Crippen LogP contribution >= 0.6 is 0 Å². The molecule has 7 heteroatoms. The number of hydrogen-bond donors (Lipinski definition) is 2. The van der Waals surface area contributed by atoms with Crippen LogP contribution < -0.4 is 5.32 Å². The fraction of sp³-hybridized carbons (Fsp3) is 0.500. The van der Waals surface area contributed by atoms with Crippen LogP contribution in [-0.2, 0) is 0 Å². The van der Waals surface area contributed by atoms with Crippen LogP contribution in [0, 0.1) is 16.0 Å². The van der Waals surface area contributed by atoms with E-state index in [-0.39, 0.29) is 5.56 Å². The van der Waals surface area contributed by atoms with Gasteiger partial charge in [-0.3, -0.25) is 10.1 Å². The lowest BCUT2D eigenvalue weighted by Crippen LogP contribution is -2.13. The highest BCUT2D eigenvalue weighted by Gasteiger charge is 2.21. The van der Waals surface area contributed by atoms with E-state index in [1.54, 1.807) is 0 Å². The van der Waals surface area contributed by atoms with Crippen LogP contribution in [0.5, 0.6) is 0 Å². The number of nitrogens with one attached hydrogen (secondary N) is 1. The zero-order valence-electron chi connectivity index (χ0n) is 10.3. The smallest absolute Gasteiger partial charge is 0.342 e. The maximum atomic E-state index is 11.0. The normalized spacial score (nSPS) is 15.4. The summed E-state index contributed by atoms with van der Waals surface area (Å²) in [5.74, 6) is -0.377. The van der Waals surface area contributed by atoms with Gasteiger partial charge in [0, 0.05) is 12.6 Å². The minimum Gasteiger partial charge on any atom is -0.477 e. The lowest BCUT2D eigenvalue weighted by molar-refractivity contribution is -0.385. The molecule has 1 aromatic heterocycles. The molecular formula is C12H15N3O4. The van der Waals surface area contributed by atoms with Crippen LogP contribution in [0.3, 0.4) is 0 Å². The number of anilines is 1. The molecule has 0 atom stereocenters. The van der Waals surface area contributed by atoms with Gasteiger partial charge in [-0.25, -0.2) is 9.78 Å². The van der Waals surface area contributed by atoms with Crippen molar-refractivity contribution in [3.63, 3.8) is 0 Å². The highest BCUT2D eigenvalue weighted by molar-refractivity contribution is 5.93. The number of nitrogens with zero attached hydrogens (tertiary/aromatic N) is 2. The molecule has 0 aliphatic heterocycles. The second kappa shape index (κ2) is 5.64. The molecular weight excluding hydrogens is 250 g/mol. The molecule has 0 spiro atoms. The monoisotopic (exact) mass is 265 g/mol. The number of carbonyl (C=O) groups is 1. The molecule has 102 valence electrons. The molecule has 1 aromatic rings. The predicted octanol–water partition coefficient (Wildman–Crippen LogP) is 2.29. The third-order valence-electron chi connectivity index (χ3n) is 3.36. The van der Waals surface area contributed by atoms with Gasteiger partial charge in [-0.1, -0.05) is 12.8 Å². The first-order valence-corrected chi connectivity index (χ1v) is 6.19. The number of carboxylic acids is 1. The Morgan fingerprint density at radius 1 is 1.53 bits per heavy atom. The van der Waals surface area contributed by atoms with Gasteiger partial charge < -0.3 is 10.4 Å². The standard InChI is InChI=1S/C12H15N3O4/c16-12(17)9-5-11(14-7-10(9)15(18)19)13-6-8-3-1-2-4-8/h5,7-8H,1-4,6H2,(H,13,14)(H,16,17). The van der Waals surface area contributed by atoms with Crippen molar-refractivity contribution in [1.82, 2.24) is 4.98 Å². The topological polar surface area (TPSA) is 105 Å². The maximum absolute atomic E-state index is 11.0. The van der Waals surface area contributed by atoms with Gasteiger partial charge >= 0.3 is 11.7 Å². The van der Waals surface area contributed by atoms with Crippen LogP contribution in [0.2, 0.25) is 0 Å².